The smallest absolute Gasteiger partial charge is 0.00222 e. The lowest BCUT2D eigenvalue weighted by Gasteiger charge is -2.28. The Balaban J connectivity index is 1.97. The van der Waals surface area contributed by atoms with E-state index in [4.69, 9.17) is 0 Å². The first-order chi connectivity index (χ1) is 5.25. The lowest BCUT2D eigenvalue weighted by Crippen LogP contribution is -2.20. The summed E-state index contributed by atoms with van der Waals surface area (Å²) in [4.78, 5) is 0. The molecule has 4 atom stereocenters. The van der Waals surface area contributed by atoms with Crippen LogP contribution in [0.1, 0.15) is 32.1 Å². The van der Waals surface area contributed by atoms with Crippen molar-refractivity contribution < 1.29 is 0 Å². The van der Waals surface area contributed by atoms with Crippen LogP contribution in [0, 0.1) is 11.8 Å². The Kier molecular flexibility index (Phi) is 2.43. The Morgan fingerprint density at radius 2 is 1.36 bits per heavy atom. The van der Waals surface area contributed by atoms with Crippen molar-refractivity contribution in [2.45, 2.75) is 42.6 Å². The Hall–Kier alpha value is 0.700. The molecule has 0 aromatic rings. The van der Waals surface area contributed by atoms with Gasteiger partial charge >= 0.3 is 0 Å². The van der Waals surface area contributed by atoms with Gasteiger partial charge in [0.15, 0.2) is 0 Å². The molecule has 0 aromatic carbocycles. The highest BCUT2D eigenvalue weighted by Crippen LogP contribution is 2.45. The highest BCUT2D eigenvalue weighted by Gasteiger charge is 2.36. The van der Waals surface area contributed by atoms with Crippen molar-refractivity contribution in [1.82, 2.24) is 0 Å². The average molecular weight is 188 g/mol. The van der Waals surface area contributed by atoms with Crippen molar-refractivity contribution in [1.29, 1.82) is 0 Å². The van der Waals surface area contributed by atoms with E-state index in [1.165, 1.54) is 32.1 Å². The average Bonchev–Trinajstić information content (AvgIpc) is 2.27. The summed E-state index contributed by atoms with van der Waals surface area (Å²) < 4.78 is 0. The number of hydrogen-bond acceptors (Lipinski definition) is 2. The minimum absolute atomic E-state index is 0.690. The van der Waals surface area contributed by atoms with Crippen LogP contribution in [0.3, 0.4) is 0 Å². The van der Waals surface area contributed by atoms with Gasteiger partial charge in [0.25, 0.3) is 0 Å². The van der Waals surface area contributed by atoms with Gasteiger partial charge < -0.3 is 0 Å². The molecule has 2 fully saturated rings. The van der Waals surface area contributed by atoms with Crippen molar-refractivity contribution in [3.63, 3.8) is 0 Å². The lowest BCUT2D eigenvalue weighted by atomic mass is 9.81. The first-order valence-electron chi connectivity index (χ1n) is 4.62. The zero-order valence-electron chi connectivity index (χ0n) is 6.74. The maximum atomic E-state index is 4.55. The van der Waals surface area contributed by atoms with E-state index >= 15 is 0 Å². The zero-order valence-corrected chi connectivity index (χ0v) is 8.53. The standard InChI is InChI=1S/C9H16S2/c10-8-2-1-6-3-9(11)5-7(6)4-8/h6-11H,1-5H2. The van der Waals surface area contributed by atoms with Crippen molar-refractivity contribution in [2.24, 2.45) is 11.8 Å². The normalized spacial score (nSPS) is 50.7. The largest absolute Gasteiger partial charge is 0.176 e. The van der Waals surface area contributed by atoms with E-state index < -0.39 is 0 Å². The summed E-state index contributed by atoms with van der Waals surface area (Å²) in [6.45, 7) is 0. The Labute approximate surface area is 80.0 Å². The molecule has 0 saturated heterocycles. The quantitative estimate of drug-likeness (QED) is 0.537. The van der Waals surface area contributed by atoms with Crippen LogP contribution in [0.4, 0.5) is 0 Å². The van der Waals surface area contributed by atoms with Crippen molar-refractivity contribution in [3.8, 4) is 0 Å². The highest BCUT2D eigenvalue weighted by molar-refractivity contribution is 7.81. The summed E-state index contributed by atoms with van der Waals surface area (Å²) in [6, 6.07) is 0. The molecule has 2 saturated carbocycles. The molecule has 4 unspecified atom stereocenters. The Bertz CT molecular complexity index is 146. The van der Waals surface area contributed by atoms with Gasteiger partial charge in [-0.2, -0.15) is 25.3 Å². The molecular formula is C9H16S2. The van der Waals surface area contributed by atoms with E-state index in [9.17, 15) is 0 Å². The van der Waals surface area contributed by atoms with Gasteiger partial charge in [-0.05, 0) is 43.9 Å². The molecule has 11 heavy (non-hydrogen) atoms. The van der Waals surface area contributed by atoms with Crippen LogP contribution in [0.2, 0.25) is 0 Å². The summed E-state index contributed by atoms with van der Waals surface area (Å²) in [7, 11) is 0. The summed E-state index contributed by atoms with van der Waals surface area (Å²) in [5.74, 6) is 1.97. The predicted octanol–water partition coefficient (Wildman–Crippen LogP) is 2.79. The fourth-order valence-corrected chi connectivity index (χ4v) is 3.66. The third-order valence-electron chi connectivity index (χ3n) is 3.26. The van der Waals surface area contributed by atoms with Gasteiger partial charge in [0.1, 0.15) is 0 Å². The number of fused-ring (bicyclic) bond motifs is 1. The molecule has 2 rings (SSSR count). The monoisotopic (exact) mass is 188 g/mol. The second-order valence-electron chi connectivity index (χ2n) is 4.11. The molecule has 2 aliphatic carbocycles. The molecule has 0 heterocycles. The third kappa shape index (κ3) is 1.72. The van der Waals surface area contributed by atoms with Crippen LogP contribution >= 0.6 is 25.3 Å². The molecule has 0 aliphatic heterocycles. The zero-order chi connectivity index (χ0) is 7.84. The van der Waals surface area contributed by atoms with Crippen LogP contribution in [0.5, 0.6) is 0 Å². The SMILES string of the molecule is SC1CCC2CC(S)CC2C1. The molecule has 0 spiro atoms. The van der Waals surface area contributed by atoms with Crippen LogP contribution in [0.25, 0.3) is 0 Å². The summed E-state index contributed by atoms with van der Waals surface area (Å²) in [5, 5.41) is 1.39. The Morgan fingerprint density at radius 3 is 2.18 bits per heavy atom. The van der Waals surface area contributed by atoms with Crippen LogP contribution < -0.4 is 0 Å². The minimum atomic E-state index is 0.690. The van der Waals surface area contributed by atoms with Crippen molar-refractivity contribution in [3.05, 3.63) is 0 Å². The molecular weight excluding hydrogens is 172 g/mol. The first kappa shape index (κ1) is 8.31. The summed E-state index contributed by atoms with van der Waals surface area (Å²) in [6.07, 6.45) is 6.82. The molecule has 2 aliphatic rings. The summed E-state index contributed by atoms with van der Waals surface area (Å²) >= 11 is 9.10. The highest BCUT2D eigenvalue weighted by atomic mass is 32.1. The molecule has 0 amide bonds. The Morgan fingerprint density at radius 1 is 0.727 bits per heavy atom. The predicted molar refractivity (Wildman–Crippen MR) is 55.6 cm³/mol. The van der Waals surface area contributed by atoms with Crippen molar-refractivity contribution in [2.75, 3.05) is 0 Å². The van der Waals surface area contributed by atoms with E-state index in [0.29, 0.717) is 10.5 Å². The molecule has 2 heteroatoms. The second kappa shape index (κ2) is 3.21. The van der Waals surface area contributed by atoms with Crippen LogP contribution in [-0.4, -0.2) is 10.5 Å². The fraction of sp³-hybridized carbons (Fsp3) is 1.00. The van der Waals surface area contributed by atoms with Gasteiger partial charge in [-0.15, -0.1) is 0 Å². The topological polar surface area (TPSA) is 0 Å². The van der Waals surface area contributed by atoms with E-state index in [0.717, 1.165) is 11.8 Å². The molecule has 0 aromatic heterocycles. The second-order valence-corrected chi connectivity index (χ2v) is 5.57. The maximum Gasteiger partial charge on any atom is 0.00222 e. The van der Waals surface area contributed by atoms with Crippen LogP contribution in [-0.2, 0) is 0 Å². The van der Waals surface area contributed by atoms with Gasteiger partial charge in [-0.3, -0.25) is 0 Å². The minimum Gasteiger partial charge on any atom is -0.176 e. The van der Waals surface area contributed by atoms with Crippen LogP contribution in [0.15, 0.2) is 0 Å². The third-order valence-corrected chi connectivity index (χ3v) is 4.15. The van der Waals surface area contributed by atoms with Gasteiger partial charge in [0.2, 0.25) is 0 Å². The summed E-state index contributed by atoms with van der Waals surface area (Å²) in [5.41, 5.74) is 0. The van der Waals surface area contributed by atoms with Crippen molar-refractivity contribution >= 4 is 25.3 Å². The van der Waals surface area contributed by atoms with E-state index in [1.54, 1.807) is 0 Å². The van der Waals surface area contributed by atoms with Gasteiger partial charge in [-0.1, -0.05) is 0 Å². The first-order valence-corrected chi connectivity index (χ1v) is 5.65. The van der Waals surface area contributed by atoms with E-state index in [-0.39, 0.29) is 0 Å². The van der Waals surface area contributed by atoms with Gasteiger partial charge in [0, 0.05) is 10.5 Å². The molecule has 0 bridgehead atoms. The van der Waals surface area contributed by atoms with Gasteiger partial charge in [0.05, 0.1) is 0 Å². The van der Waals surface area contributed by atoms with E-state index in [1.807, 2.05) is 0 Å². The molecule has 64 valence electrons. The maximum absolute atomic E-state index is 4.55. The van der Waals surface area contributed by atoms with E-state index in [2.05, 4.69) is 25.3 Å². The number of rotatable bonds is 0. The fourth-order valence-electron chi connectivity index (χ4n) is 2.70. The molecule has 0 nitrogen and oxygen atoms in total. The number of hydrogen-bond donors (Lipinski definition) is 2. The lowest BCUT2D eigenvalue weighted by molar-refractivity contribution is 0.284. The van der Waals surface area contributed by atoms with Gasteiger partial charge in [-0.25, -0.2) is 0 Å². The molecule has 0 N–H and O–H groups in total. The number of thiol groups is 2. The molecule has 0 radical (unpaired) electrons.